The van der Waals surface area contributed by atoms with Crippen molar-refractivity contribution in [3.05, 3.63) is 166 Å². The Balaban J connectivity index is 1.18. The van der Waals surface area contributed by atoms with Crippen molar-refractivity contribution in [3.8, 4) is 11.1 Å². The lowest BCUT2D eigenvalue weighted by Gasteiger charge is -2.40. The molecular weight excluding hydrogens is 508 g/mol. The van der Waals surface area contributed by atoms with Crippen molar-refractivity contribution in [2.24, 2.45) is 0 Å². The molecule has 0 spiro atoms. The Kier molecular flexibility index (Phi) is 4.43. The Morgan fingerprint density at radius 2 is 0.571 bits per heavy atom. The van der Waals surface area contributed by atoms with Crippen LogP contribution in [0.2, 0.25) is 0 Å². The summed E-state index contributed by atoms with van der Waals surface area (Å²) in [5.41, 5.74) is 22.1. The van der Waals surface area contributed by atoms with Crippen LogP contribution in [0.3, 0.4) is 0 Å². The summed E-state index contributed by atoms with van der Waals surface area (Å²) in [6.45, 7) is 0. The summed E-state index contributed by atoms with van der Waals surface area (Å²) < 4.78 is 0. The van der Waals surface area contributed by atoms with Gasteiger partial charge in [-0.1, -0.05) is 72.8 Å². The Labute approximate surface area is 246 Å². The van der Waals surface area contributed by atoms with Crippen LogP contribution in [0.15, 0.2) is 121 Å². The Morgan fingerprint density at radius 1 is 0.310 bits per heavy atom. The van der Waals surface area contributed by atoms with E-state index in [0.717, 1.165) is 25.7 Å². The fourth-order valence-corrected chi connectivity index (χ4v) is 8.04. The second-order valence-corrected chi connectivity index (χ2v) is 12.2. The van der Waals surface area contributed by atoms with E-state index in [0.29, 0.717) is 0 Å². The molecule has 42 heavy (non-hydrogen) atoms. The monoisotopic (exact) mass is 536 g/mol. The van der Waals surface area contributed by atoms with Gasteiger partial charge in [0.25, 0.3) is 0 Å². The molecule has 6 aromatic carbocycles. The molecule has 0 bridgehead atoms. The number of para-hydroxylation sites is 4. The molecule has 10 rings (SSSR count). The van der Waals surface area contributed by atoms with Crippen LogP contribution in [0.5, 0.6) is 0 Å². The third-order valence-corrected chi connectivity index (χ3v) is 9.77. The summed E-state index contributed by atoms with van der Waals surface area (Å²) in [4.78, 5) is 5.04. The Hall–Kier alpha value is -5.08. The molecule has 198 valence electrons. The van der Waals surface area contributed by atoms with Crippen LogP contribution in [0.1, 0.15) is 44.5 Å². The van der Waals surface area contributed by atoms with Crippen LogP contribution < -0.4 is 9.80 Å². The molecular formula is C40H28N2. The molecule has 2 heteroatoms. The fraction of sp³-hybridized carbons (Fsp3) is 0.100. The van der Waals surface area contributed by atoms with E-state index in [2.05, 4.69) is 131 Å². The van der Waals surface area contributed by atoms with Gasteiger partial charge in [-0.2, -0.15) is 0 Å². The molecule has 0 aromatic heterocycles. The first-order valence-corrected chi connectivity index (χ1v) is 15.0. The van der Waals surface area contributed by atoms with Gasteiger partial charge in [0, 0.05) is 48.4 Å². The molecule has 4 aliphatic heterocycles. The van der Waals surface area contributed by atoms with E-state index in [9.17, 15) is 0 Å². The van der Waals surface area contributed by atoms with Gasteiger partial charge in [-0.15, -0.1) is 0 Å². The van der Waals surface area contributed by atoms with E-state index in [-0.39, 0.29) is 0 Å². The summed E-state index contributed by atoms with van der Waals surface area (Å²) in [6.07, 6.45) is 3.88. The highest BCUT2D eigenvalue weighted by atomic mass is 15.2. The second kappa shape index (κ2) is 8.24. The summed E-state index contributed by atoms with van der Waals surface area (Å²) >= 11 is 0. The Morgan fingerprint density at radius 3 is 0.857 bits per heavy atom. The first kappa shape index (κ1) is 22.6. The van der Waals surface area contributed by atoms with Crippen LogP contribution in [-0.4, -0.2) is 0 Å². The first-order valence-electron chi connectivity index (χ1n) is 15.0. The van der Waals surface area contributed by atoms with Crippen LogP contribution in [0.4, 0.5) is 34.1 Å². The predicted octanol–water partition coefficient (Wildman–Crippen LogP) is 9.91. The number of hydrogen-bond acceptors (Lipinski definition) is 2. The van der Waals surface area contributed by atoms with Gasteiger partial charge in [0.1, 0.15) is 0 Å². The second-order valence-electron chi connectivity index (χ2n) is 12.2. The summed E-state index contributed by atoms with van der Waals surface area (Å²) in [5, 5.41) is 0. The molecule has 0 saturated heterocycles. The summed E-state index contributed by atoms with van der Waals surface area (Å²) in [6, 6.07) is 45.7. The lowest BCUT2D eigenvalue weighted by Crippen LogP contribution is -2.25. The van der Waals surface area contributed by atoms with Crippen molar-refractivity contribution in [1.82, 2.24) is 0 Å². The summed E-state index contributed by atoms with van der Waals surface area (Å²) in [5.74, 6) is 0. The van der Waals surface area contributed by atoms with Crippen LogP contribution >= 0.6 is 0 Å². The quantitative estimate of drug-likeness (QED) is 0.206. The van der Waals surface area contributed by atoms with E-state index in [1.165, 1.54) is 89.8 Å². The lowest BCUT2D eigenvalue weighted by molar-refractivity contribution is 1.01. The van der Waals surface area contributed by atoms with Gasteiger partial charge in [0.15, 0.2) is 0 Å². The number of rotatable bonds is 1. The average Bonchev–Trinajstić information content (AvgIpc) is 3.04. The standard InChI is InChI=1S/C40H28N2/c1-5-13-35-25(9-1)17-31-21-29(22-32-18-26-10-2-6-14-36(26)41(35)39(31)32)30-23-33-19-27-11-3-7-15-37(27)42-38-16-8-4-12-28(38)20-34(24-30)40(33)42/h1-16,21-24H,17-20H2. The van der Waals surface area contributed by atoms with Crippen LogP contribution in [0, 0.1) is 0 Å². The van der Waals surface area contributed by atoms with Crippen molar-refractivity contribution >= 4 is 34.1 Å². The molecule has 0 atom stereocenters. The van der Waals surface area contributed by atoms with E-state index >= 15 is 0 Å². The number of benzene rings is 6. The van der Waals surface area contributed by atoms with Gasteiger partial charge in [-0.25, -0.2) is 0 Å². The third kappa shape index (κ3) is 3.04. The normalized spacial score (nSPS) is 14.7. The van der Waals surface area contributed by atoms with Gasteiger partial charge in [0.2, 0.25) is 0 Å². The number of nitrogens with zero attached hydrogens (tertiary/aromatic N) is 2. The molecule has 0 radical (unpaired) electrons. The van der Waals surface area contributed by atoms with E-state index in [4.69, 9.17) is 0 Å². The smallest absolute Gasteiger partial charge is 0.0533 e. The largest absolute Gasteiger partial charge is 0.309 e. The highest BCUT2D eigenvalue weighted by molar-refractivity contribution is 5.93. The van der Waals surface area contributed by atoms with Gasteiger partial charge in [-0.05, 0) is 104 Å². The third-order valence-electron chi connectivity index (χ3n) is 9.77. The molecule has 6 aromatic rings. The minimum absolute atomic E-state index is 0.970. The minimum atomic E-state index is 0.970. The maximum atomic E-state index is 2.52. The molecule has 2 nitrogen and oxygen atoms in total. The van der Waals surface area contributed by atoms with Crippen LogP contribution in [-0.2, 0) is 25.7 Å². The Bertz CT molecular complexity index is 1830. The van der Waals surface area contributed by atoms with E-state index < -0.39 is 0 Å². The van der Waals surface area contributed by atoms with Gasteiger partial charge < -0.3 is 9.80 Å². The molecule has 0 saturated carbocycles. The highest BCUT2D eigenvalue weighted by Gasteiger charge is 2.34. The molecule has 0 amide bonds. The maximum Gasteiger partial charge on any atom is 0.0533 e. The van der Waals surface area contributed by atoms with Gasteiger partial charge in [-0.3, -0.25) is 0 Å². The zero-order valence-electron chi connectivity index (χ0n) is 23.3. The number of hydrogen-bond donors (Lipinski definition) is 0. The van der Waals surface area contributed by atoms with Gasteiger partial charge in [0.05, 0.1) is 11.4 Å². The molecule has 0 unspecified atom stereocenters. The fourth-order valence-electron chi connectivity index (χ4n) is 8.04. The molecule has 4 aliphatic rings. The van der Waals surface area contributed by atoms with Crippen molar-refractivity contribution < 1.29 is 0 Å². The molecule has 0 N–H and O–H groups in total. The van der Waals surface area contributed by atoms with Crippen molar-refractivity contribution in [1.29, 1.82) is 0 Å². The van der Waals surface area contributed by atoms with E-state index in [1.807, 2.05) is 0 Å². The van der Waals surface area contributed by atoms with Crippen molar-refractivity contribution in [2.75, 3.05) is 9.80 Å². The van der Waals surface area contributed by atoms with Gasteiger partial charge >= 0.3 is 0 Å². The van der Waals surface area contributed by atoms with Crippen molar-refractivity contribution in [2.45, 2.75) is 25.7 Å². The maximum absolute atomic E-state index is 2.52. The SMILES string of the molecule is c1ccc2c(c1)Cc1cc(-c3cc4c5c(c3)Cc3ccccc3N5c3ccccc3C4)cc3c1N2c1ccccc1C3. The zero-order valence-corrected chi connectivity index (χ0v) is 23.3. The van der Waals surface area contributed by atoms with Crippen LogP contribution in [0.25, 0.3) is 11.1 Å². The first-order chi connectivity index (χ1) is 20.8. The minimum Gasteiger partial charge on any atom is -0.309 e. The van der Waals surface area contributed by atoms with Crippen molar-refractivity contribution in [3.63, 3.8) is 0 Å². The highest BCUT2D eigenvalue weighted by Crippen LogP contribution is 2.53. The number of anilines is 6. The molecule has 0 fully saturated rings. The molecule has 4 heterocycles. The zero-order chi connectivity index (χ0) is 27.4. The summed E-state index contributed by atoms with van der Waals surface area (Å²) in [7, 11) is 0. The molecule has 0 aliphatic carbocycles. The topological polar surface area (TPSA) is 6.48 Å². The predicted molar refractivity (Wildman–Crippen MR) is 172 cm³/mol. The lowest BCUT2D eigenvalue weighted by atomic mass is 9.82. The van der Waals surface area contributed by atoms with E-state index in [1.54, 1.807) is 0 Å². The number of fused-ring (bicyclic) bond motifs is 8. The average molecular weight is 537 g/mol.